The van der Waals surface area contributed by atoms with E-state index in [-0.39, 0.29) is 24.3 Å². The Balaban J connectivity index is 1.63. The third-order valence-electron chi connectivity index (χ3n) is 4.62. The monoisotopic (exact) mass is 441 g/mol. The molecule has 0 aliphatic carbocycles. The van der Waals surface area contributed by atoms with Crippen molar-refractivity contribution in [1.82, 2.24) is 10.3 Å². The highest BCUT2D eigenvalue weighted by Crippen LogP contribution is 2.19. The highest BCUT2D eigenvalue weighted by atomic mass is 35.5. The van der Waals surface area contributed by atoms with E-state index in [4.69, 9.17) is 11.6 Å². The predicted octanol–water partition coefficient (Wildman–Crippen LogP) is 5.10. The summed E-state index contributed by atoms with van der Waals surface area (Å²) in [5, 5.41) is 9.28. The average Bonchev–Trinajstić information content (AvgIpc) is 3.14. The molecule has 156 valence electrons. The first-order chi connectivity index (χ1) is 14.4. The molecule has 0 aliphatic rings. The molecule has 0 saturated carbocycles. The van der Waals surface area contributed by atoms with Gasteiger partial charge in [0.05, 0.1) is 28.4 Å². The standard InChI is InChI=1S/C23H24ClN3O2S/c1-3-15(2)25-23(29)19-9-4-5-10-20(19)27-21(28)13-18-14-30-22(26-18)12-16-7-6-8-17(24)11-16/h4-11,14-15H,3,12-13H2,1-2H3,(H,25,29)(H,27,28). The van der Waals surface area contributed by atoms with E-state index >= 15 is 0 Å². The highest BCUT2D eigenvalue weighted by molar-refractivity contribution is 7.09. The SMILES string of the molecule is CCC(C)NC(=O)c1ccccc1NC(=O)Cc1csc(Cc2cccc(Cl)c2)n1. The first-order valence-electron chi connectivity index (χ1n) is 9.82. The van der Waals surface area contributed by atoms with E-state index in [9.17, 15) is 9.59 Å². The fourth-order valence-corrected chi connectivity index (χ4v) is 3.93. The molecule has 0 bridgehead atoms. The van der Waals surface area contributed by atoms with Crippen molar-refractivity contribution in [2.45, 2.75) is 39.2 Å². The number of halogens is 1. The van der Waals surface area contributed by atoms with Crippen LogP contribution in [0.4, 0.5) is 5.69 Å². The van der Waals surface area contributed by atoms with E-state index < -0.39 is 0 Å². The zero-order valence-corrected chi connectivity index (χ0v) is 18.5. The van der Waals surface area contributed by atoms with E-state index in [1.807, 2.05) is 43.5 Å². The Morgan fingerprint density at radius 1 is 1.17 bits per heavy atom. The number of hydrogen-bond donors (Lipinski definition) is 2. The number of thiazole rings is 1. The molecule has 2 aromatic carbocycles. The molecule has 30 heavy (non-hydrogen) atoms. The number of carbonyl (C=O) groups is 2. The van der Waals surface area contributed by atoms with Crippen molar-refractivity contribution >= 4 is 40.4 Å². The Bertz CT molecular complexity index is 1030. The van der Waals surface area contributed by atoms with Gasteiger partial charge in [0.15, 0.2) is 0 Å². The molecule has 3 rings (SSSR count). The van der Waals surface area contributed by atoms with Gasteiger partial charge in [-0.2, -0.15) is 0 Å². The number of benzene rings is 2. The van der Waals surface area contributed by atoms with Crippen LogP contribution in [0.1, 0.15) is 46.9 Å². The van der Waals surface area contributed by atoms with Crippen LogP contribution in [0.5, 0.6) is 0 Å². The molecule has 0 fully saturated rings. The smallest absolute Gasteiger partial charge is 0.253 e. The molecule has 1 atom stereocenters. The maximum Gasteiger partial charge on any atom is 0.253 e. The molecular weight excluding hydrogens is 418 g/mol. The van der Waals surface area contributed by atoms with Gasteiger partial charge in [0.25, 0.3) is 5.91 Å². The Morgan fingerprint density at radius 2 is 1.97 bits per heavy atom. The first kappa shape index (κ1) is 22.0. The van der Waals surface area contributed by atoms with Gasteiger partial charge in [-0.05, 0) is 43.2 Å². The second kappa shape index (κ2) is 10.4. The number of nitrogens with one attached hydrogen (secondary N) is 2. The number of amides is 2. The van der Waals surface area contributed by atoms with Gasteiger partial charge < -0.3 is 10.6 Å². The number of nitrogens with zero attached hydrogens (tertiary/aromatic N) is 1. The fourth-order valence-electron chi connectivity index (χ4n) is 2.89. The number of rotatable bonds is 8. The molecule has 0 aliphatic heterocycles. The van der Waals surface area contributed by atoms with E-state index in [0.29, 0.717) is 28.4 Å². The quantitative estimate of drug-likeness (QED) is 0.511. The lowest BCUT2D eigenvalue weighted by Crippen LogP contribution is -2.32. The number of aromatic nitrogens is 1. The van der Waals surface area contributed by atoms with Crippen molar-refractivity contribution in [1.29, 1.82) is 0 Å². The largest absolute Gasteiger partial charge is 0.350 e. The van der Waals surface area contributed by atoms with Crippen LogP contribution in [0.3, 0.4) is 0 Å². The highest BCUT2D eigenvalue weighted by Gasteiger charge is 2.15. The van der Waals surface area contributed by atoms with Crippen LogP contribution in [-0.2, 0) is 17.6 Å². The van der Waals surface area contributed by atoms with Crippen LogP contribution < -0.4 is 10.6 Å². The second-order valence-electron chi connectivity index (χ2n) is 7.09. The lowest BCUT2D eigenvalue weighted by Gasteiger charge is -2.14. The van der Waals surface area contributed by atoms with Crippen molar-refractivity contribution in [2.75, 3.05) is 5.32 Å². The van der Waals surface area contributed by atoms with Crippen molar-refractivity contribution in [2.24, 2.45) is 0 Å². The Morgan fingerprint density at radius 3 is 2.73 bits per heavy atom. The number of para-hydroxylation sites is 1. The van der Waals surface area contributed by atoms with Gasteiger partial charge in [0.1, 0.15) is 0 Å². The molecule has 1 heterocycles. The van der Waals surface area contributed by atoms with Gasteiger partial charge in [0.2, 0.25) is 5.91 Å². The summed E-state index contributed by atoms with van der Waals surface area (Å²) in [7, 11) is 0. The van der Waals surface area contributed by atoms with Gasteiger partial charge >= 0.3 is 0 Å². The topological polar surface area (TPSA) is 71.1 Å². The minimum atomic E-state index is -0.210. The molecule has 0 saturated heterocycles. The van der Waals surface area contributed by atoms with Crippen molar-refractivity contribution in [3.05, 3.63) is 80.8 Å². The van der Waals surface area contributed by atoms with E-state index in [0.717, 1.165) is 17.0 Å². The summed E-state index contributed by atoms with van der Waals surface area (Å²) in [5.41, 5.74) is 2.73. The number of anilines is 1. The first-order valence-corrected chi connectivity index (χ1v) is 11.1. The van der Waals surface area contributed by atoms with E-state index in [1.165, 1.54) is 11.3 Å². The van der Waals surface area contributed by atoms with E-state index in [2.05, 4.69) is 15.6 Å². The summed E-state index contributed by atoms with van der Waals surface area (Å²) < 4.78 is 0. The summed E-state index contributed by atoms with van der Waals surface area (Å²) in [6, 6.07) is 14.7. The number of carbonyl (C=O) groups excluding carboxylic acids is 2. The summed E-state index contributed by atoms with van der Waals surface area (Å²) in [4.78, 5) is 29.6. The third kappa shape index (κ3) is 6.15. The zero-order valence-electron chi connectivity index (χ0n) is 16.9. The molecule has 0 spiro atoms. The Labute approximate surface area is 185 Å². The summed E-state index contributed by atoms with van der Waals surface area (Å²) in [5.74, 6) is -0.406. The maximum absolute atomic E-state index is 12.6. The predicted molar refractivity (Wildman–Crippen MR) is 122 cm³/mol. The molecular formula is C23H24ClN3O2S. The lowest BCUT2D eigenvalue weighted by atomic mass is 10.1. The van der Waals surface area contributed by atoms with Gasteiger partial charge in [-0.1, -0.05) is 42.8 Å². The van der Waals surface area contributed by atoms with Crippen LogP contribution in [0.2, 0.25) is 5.02 Å². The van der Waals surface area contributed by atoms with Crippen LogP contribution in [0.15, 0.2) is 53.9 Å². The van der Waals surface area contributed by atoms with Crippen LogP contribution in [0, 0.1) is 0 Å². The zero-order chi connectivity index (χ0) is 21.5. The van der Waals surface area contributed by atoms with Gasteiger partial charge in [0, 0.05) is 22.9 Å². The molecule has 3 aromatic rings. The van der Waals surface area contributed by atoms with Crippen molar-refractivity contribution in [3.63, 3.8) is 0 Å². The molecule has 5 nitrogen and oxygen atoms in total. The summed E-state index contributed by atoms with van der Waals surface area (Å²) >= 11 is 7.55. The van der Waals surface area contributed by atoms with E-state index in [1.54, 1.807) is 24.3 Å². The van der Waals surface area contributed by atoms with Gasteiger partial charge in [-0.3, -0.25) is 9.59 Å². The van der Waals surface area contributed by atoms with Crippen molar-refractivity contribution in [3.8, 4) is 0 Å². The molecule has 0 radical (unpaired) electrons. The second-order valence-corrected chi connectivity index (χ2v) is 8.47. The summed E-state index contributed by atoms with van der Waals surface area (Å²) in [6.07, 6.45) is 1.65. The van der Waals surface area contributed by atoms with Crippen LogP contribution in [0.25, 0.3) is 0 Å². The Hall–Kier alpha value is -2.70. The average molecular weight is 442 g/mol. The molecule has 7 heteroatoms. The summed E-state index contributed by atoms with van der Waals surface area (Å²) in [6.45, 7) is 3.95. The van der Waals surface area contributed by atoms with Crippen molar-refractivity contribution < 1.29 is 9.59 Å². The molecule has 1 unspecified atom stereocenters. The van der Waals surface area contributed by atoms with Gasteiger partial charge in [-0.25, -0.2) is 4.98 Å². The Kier molecular flexibility index (Phi) is 7.60. The molecule has 2 N–H and O–H groups in total. The van der Waals surface area contributed by atoms with Crippen LogP contribution in [-0.4, -0.2) is 22.8 Å². The van der Waals surface area contributed by atoms with Crippen LogP contribution >= 0.6 is 22.9 Å². The normalized spacial score (nSPS) is 11.7. The minimum Gasteiger partial charge on any atom is -0.350 e. The molecule has 2 amide bonds. The maximum atomic E-state index is 12.6. The van der Waals surface area contributed by atoms with Gasteiger partial charge in [-0.15, -0.1) is 11.3 Å². The fraction of sp³-hybridized carbons (Fsp3) is 0.261. The number of hydrogen-bond acceptors (Lipinski definition) is 4. The molecule has 1 aromatic heterocycles. The lowest BCUT2D eigenvalue weighted by molar-refractivity contribution is -0.115. The minimum absolute atomic E-state index is 0.0641. The third-order valence-corrected chi connectivity index (χ3v) is 5.75.